The summed E-state index contributed by atoms with van der Waals surface area (Å²) >= 11 is 5.56. The van der Waals surface area contributed by atoms with Gasteiger partial charge in [-0.3, -0.25) is 0 Å². The highest BCUT2D eigenvalue weighted by Crippen LogP contribution is 2.15. The minimum Gasteiger partial charge on any atom is -0.478 e. The van der Waals surface area contributed by atoms with E-state index in [-0.39, 0.29) is 0 Å². The molecule has 0 bridgehead atoms. The van der Waals surface area contributed by atoms with Crippen LogP contribution in [0.3, 0.4) is 0 Å². The van der Waals surface area contributed by atoms with Crippen LogP contribution in [0.2, 0.25) is 5.15 Å². The van der Waals surface area contributed by atoms with Crippen LogP contribution in [0.25, 0.3) is 5.57 Å². The van der Waals surface area contributed by atoms with Crippen molar-refractivity contribution in [2.24, 2.45) is 0 Å². The molecule has 1 aromatic heterocycles. The molecule has 0 aliphatic carbocycles. The Morgan fingerprint density at radius 2 is 2.29 bits per heavy atom. The van der Waals surface area contributed by atoms with Gasteiger partial charge in [0.25, 0.3) is 0 Å². The summed E-state index contributed by atoms with van der Waals surface area (Å²) in [5, 5.41) is 16.3. The third-order valence-electron chi connectivity index (χ3n) is 1.64. The highest BCUT2D eigenvalue weighted by molar-refractivity contribution is 6.29. The van der Waals surface area contributed by atoms with Gasteiger partial charge in [-0.1, -0.05) is 18.5 Å². The number of carboxylic acids is 1. The Balaban J connectivity index is 3.01. The van der Waals surface area contributed by atoms with E-state index in [0.29, 0.717) is 22.8 Å². The molecule has 0 amide bonds. The van der Waals surface area contributed by atoms with Crippen LogP contribution in [0, 0.1) is 0 Å². The Kier molecular flexibility index (Phi) is 3.59. The van der Waals surface area contributed by atoms with Crippen LogP contribution in [0.15, 0.2) is 18.2 Å². The topological polar surface area (TPSA) is 63.1 Å². The number of hydrogen-bond donors (Lipinski definition) is 1. The first-order chi connectivity index (χ1) is 6.63. The maximum atomic E-state index is 10.5. The molecule has 0 atom stereocenters. The molecular weight excluding hydrogens is 204 g/mol. The summed E-state index contributed by atoms with van der Waals surface area (Å²) in [6.07, 6.45) is 1.71. The molecule has 0 aliphatic heterocycles. The summed E-state index contributed by atoms with van der Waals surface area (Å²) in [6, 6.07) is 3.23. The van der Waals surface area contributed by atoms with E-state index in [1.807, 2.05) is 6.92 Å². The highest BCUT2D eigenvalue weighted by atomic mass is 35.5. The van der Waals surface area contributed by atoms with Crippen molar-refractivity contribution in [2.75, 3.05) is 0 Å². The van der Waals surface area contributed by atoms with E-state index in [4.69, 9.17) is 16.7 Å². The Hall–Kier alpha value is -1.42. The molecule has 0 fully saturated rings. The fourth-order valence-electron chi connectivity index (χ4n) is 0.993. The van der Waals surface area contributed by atoms with Gasteiger partial charge in [0.05, 0.1) is 5.69 Å². The molecule has 0 spiro atoms. The lowest BCUT2D eigenvalue weighted by molar-refractivity contribution is -0.131. The predicted molar refractivity (Wildman–Crippen MR) is 52.9 cm³/mol. The number of aromatic nitrogens is 2. The number of halogens is 1. The lowest BCUT2D eigenvalue weighted by Gasteiger charge is -2.00. The second-order valence-corrected chi connectivity index (χ2v) is 2.99. The monoisotopic (exact) mass is 212 g/mol. The first kappa shape index (κ1) is 10.7. The quantitative estimate of drug-likeness (QED) is 0.779. The van der Waals surface area contributed by atoms with Gasteiger partial charge in [-0.15, -0.1) is 10.2 Å². The van der Waals surface area contributed by atoms with Crippen molar-refractivity contribution in [1.82, 2.24) is 10.2 Å². The van der Waals surface area contributed by atoms with Gasteiger partial charge in [0.15, 0.2) is 5.15 Å². The maximum Gasteiger partial charge on any atom is 0.328 e. The number of rotatable bonds is 3. The van der Waals surface area contributed by atoms with Gasteiger partial charge >= 0.3 is 5.97 Å². The average Bonchev–Trinajstić information content (AvgIpc) is 2.15. The smallest absolute Gasteiger partial charge is 0.328 e. The standard InChI is InChI=1S/C9H9ClN2O2/c1-2-6(5-9(13)14)7-3-4-8(10)12-11-7/h3-5H,2H2,1H3,(H,13,14)/b6-5+. The van der Waals surface area contributed by atoms with Gasteiger partial charge in [0, 0.05) is 6.08 Å². The molecule has 0 saturated carbocycles. The van der Waals surface area contributed by atoms with Gasteiger partial charge in [0.1, 0.15) is 0 Å². The second kappa shape index (κ2) is 4.72. The molecule has 1 rings (SSSR count). The van der Waals surface area contributed by atoms with E-state index >= 15 is 0 Å². The number of hydrogen-bond acceptors (Lipinski definition) is 3. The van der Waals surface area contributed by atoms with Crippen molar-refractivity contribution in [3.63, 3.8) is 0 Å². The third kappa shape index (κ3) is 2.81. The molecule has 1 N–H and O–H groups in total. The van der Waals surface area contributed by atoms with E-state index in [1.54, 1.807) is 12.1 Å². The average molecular weight is 213 g/mol. The molecule has 14 heavy (non-hydrogen) atoms. The zero-order chi connectivity index (χ0) is 10.6. The summed E-state index contributed by atoms with van der Waals surface area (Å²) in [4.78, 5) is 10.5. The summed E-state index contributed by atoms with van der Waals surface area (Å²) in [6.45, 7) is 1.85. The SMILES string of the molecule is CC/C(=C\C(=O)O)c1ccc(Cl)nn1. The second-order valence-electron chi connectivity index (χ2n) is 2.60. The van der Waals surface area contributed by atoms with E-state index in [0.717, 1.165) is 6.08 Å². The summed E-state index contributed by atoms with van der Waals surface area (Å²) in [7, 11) is 0. The minimum absolute atomic E-state index is 0.291. The minimum atomic E-state index is -0.987. The van der Waals surface area contributed by atoms with Gasteiger partial charge < -0.3 is 5.11 Å². The number of aliphatic carboxylic acids is 1. The van der Waals surface area contributed by atoms with Crippen molar-refractivity contribution >= 4 is 23.1 Å². The number of carboxylic acid groups (broad SMARTS) is 1. The largest absolute Gasteiger partial charge is 0.478 e. The Morgan fingerprint density at radius 3 is 2.71 bits per heavy atom. The molecule has 0 unspecified atom stereocenters. The number of carbonyl (C=O) groups is 1. The lowest BCUT2D eigenvalue weighted by atomic mass is 10.1. The maximum absolute atomic E-state index is 10.5. The van der Waals surface area contributed by atoms with E-state index in [9.17, 15) is 4.79 Å². The van der Waals surface area contributed by atoms with Crippen LogP contribution in [0.1, 0.15) is 19.0 Å². The van der Waals surface area contributed by atoms with Crippen molar-refractivity contribution < 1.29 is 9.90 Å². The van der Waals surface area contributed by atoms with Crippen LogP contribution < -0.4 is 0 Å². The molecular formula is C9H9ClN2O2. The molecule has 74 valence electrons. The first-order valence-electron chi connectivity index (χ1n) is 4.06. The first-order valence-corrected chi connectivity index (χ1v) is 4.44. The molecule has 1 heterocycles. The van der Waals surface area contributed by atoms with Crippen molar-refractivity contribution in [1.29, 1.82) is 0 Å². The zero-order valence-electron chi connectivity index (χ0n) is 7.57. The molecule has 4 nitrogen and oxygen atoms in total. The summed E-state index contributed by atoms with van der Waals surface area (Å²) < 4.78 is 0. The highest BCUT2D eigenvalue weighted by Gasteiger charge is 2.03. The summed E-state index contributed by atoms with van der Waals surface area (Å²) in [5.41, 5.74) is 1.17. The van der Waals surface area contributed by atoms with Gasteiger partial charge in [-0.25, -0.2) is 4.79 Å². The molecule has 0 radical (unpaired) electrons. The predicted octanol–water partition coefficient (Wildman–Crippen LogP) is 2.01. The Bertz CT molecular complexity index is 360. The van der Waals surface area contributed by atoms with Crippen molar-refractivity contribution in [3.05, 3.63) is 29.1 Å². The van der Waals surface area contributed by atoms with E-state index < -0.39 is 5.97 Å². The zero-order valence-corrected chi connectivity index (χ0v) is 8.32. The van der Waals surface area contributed by atoms with Gasteiger partial charge in [0.2, 0.25) is 0 Å². The molecule has 5 heteroatoms. The van der Waals surface area contributed by atoms with Gasteiger partial charge in [-0.05, 0) is 24.1 Å². The lowest BCUT2D eigenvalue weighted by Crippen LogP contribution is -1.95. The number of nitrogens with zero attached hydrogens (tertiary/aromatic N) is 2. The van der Waals surface area contributed by atoms with Crippen LogP contribution >= 0.6 is 11.6 Å². The molecule has 0 saturated heterocycles. The van der Waals surface area contributed by atoms with Crippen LogP contribution in [-0.4, -0.2) is 21.3 Å². The van der Waals surface area contributed by atoms with Crippen LogP contribution in [-0.2, 0) is 4.79 Å². The summed E-state index contributed by atoms with van der Waals surface area (Å²) in [5.74, 6) is -0.987. The molecule has 0 aromatic carbocycles. The third-order valence-corrected chi connectivity index (χ3v) is 1.84. The van der Waals surface area contributed by atoms with Gasteiger partial charge in [-0.2, -0.15) is 0 Å². The van der Waals surface area contributed by atoms with Crippen molar-refractivity contribution in [3.8, 4) is 0 Å². The van der Waals surface area contributed by atoms with Crippen LogP contribution in [0.5, 0.6) is 0 Å². The van der Waals surface area contributed by atoms with Crippen molar-refractivity contribution in [2.45, 2.75) is 13.3 Å². The fourth-order valence-corrected chi connectivity index (χ4v) is 1.09. The Labute approximate surface area is 86.2 Å². The Morgan fingerprint density at radius 1 is 1.57 bits per heavy atom. The number of allylic oxidation sites excluding steroid dienone is 1. The fraction of sp³-hybridized carbons (Fsp3) is 0.222. The molecule has 0 aliphatic rings. The van der Waals surface area contributed by atoms with E-state index in [1.165, 1.54) is 0 Å². The normalized spacial score (nSPS) is 11.4. The van der Waals surface area contributed by atoms with Crippen LogP contribution in [0.4, 0.5) is 0 Å². The van der Waals surface area contributed by atoms with E-state index in [2.05, 4.69) is 10.2 Å². The molecule has 1 aromatic rings.